The van der Waals surface area contributed by atoms with Crippen molar-refractivity contribution in [3.8, 4) is 11.5 Å². The van der Waals surface area contributed by atoms with Crippen LogP contribution in [0.4, 0.5) is 0 Å². The van der Waals surface area contributed by atoms with Crippen molar-refractivity contribution in [1.29, 1.82) is 0 Å². The standard InChI is InChI=1S/C21H23NO8/c1-22-7-6-20-16-10-2-3-11(23)17(16)30-18(20)13(4-5-21(20,28)14(22)8-10)29-15(25)9-12(24)19(26)27/h2-4,12,14,18,23-24,28H,5-9H2,1H3,(H,26,27)/t12-,14+,18-,20-,21+/m0/s1. The third-order valence-corrected chi connectivity index (χ3v) is 7.23. The van der Waals surface area contributed by atoms with Crippen molar-refractivity contribution in [3.63, 3.8) is 0 Å². The Bertz CT molecular complexity index is 989. The molecule has 1 spiro atoms. The van der Waals surface area contributed by atoms with Crippen molar-refractivity contribution in [1.82, 2.24) is 4.90 Å². The maximum atomic E-state index is 12.3. The number of likely N-dealkylation sites (tertiary alicyclic amines) is 1. The topological polar surface area (TPSA) is 137 Å². The van der Waals surface area contributed by atoms with Crippen LogP contribution in [0, 0.1) is 0 Å². The molecule has 1 saturated heterocycles. The van der Waals surface area contributed by atoms with Gasteiger partial charge in [0.1, 0.15) is 5.76 Å². The number of carboxylic acid groups (broad SMARTS) is 1. The molecule has 2 bridgehead atoms. The lowest BCUT2D eigenvalue weighted by atomic mass is 9.50. The molecule has 0 saturated carbocycles. The number of aliphatic hydroxyl groups excluding tert-OH is 1. The summed E-state index contributed by atoms with van der Waals surface area (Å²) < 4.78 is 11.6. The fraction of sp³-hybridized carbons (Fsp3) is 0.524. The van der Waals surface area contributed by atoms with E-state index in [0.717, 1.165) is 11.1 Å². The molecule has 9 nitrogen and oxygen atoms in total. The van der Waals surface area contributed by atoms with Gasteiger partial charge in [0, 0.05) is 18.0 Å². The maximum absolute atomic E-state index is 12.3. The fourth-order valence-corrected chi connectivity index (χ4v) is 5.86. The zero-order valence-corrected chi connectivity index (χ0v) is 16.4. The van der Waals surface area contributed by atoms with Crippen molar-refractivity contribution < 1.29 is 39.5 Å². The molecule has 2 aliphatic carbocycles. The molecule has 9 heteroatoms. The number of aliphatic carboxylic acids is 1. The lowest BCUT2D eigenvalue weighted by molar-refractivity contribution is -0.170. The third kappa shape index (κ3) is 2.28. The molecule has 4 aliphatic rings. The van der Waals surface area contributed by atoms with Crippen molar-refractivity contribution in [3.05, 3.63) is 35.1 Å². The Morgan fingerprint density at radius 3 is 2.90 bits per heavy atom. The molecular weight excluding hydrogens is 394 g/mol. The number of esters is 1. The predicted octanol–water partition coefficient (Wildman–Crippen LogP) is 0.0487. The molecule has 2 aliphatic heterocycles. The van der Waals surface area contributed by atoms with Gasteiger partial charge in [-0.05, 0) is 44.1 Å². The van der Waals surface area contributed by atoms with E-state index in [9.17, 15) is 24.9 Å². The minimum atomic E-state index is -1.86. The summed E-state index contributed by atoms with van der Waals surface area (Å²) in [6, 6.07) is 3.25. The average Bonchev–Trinajstić information content (AvgIpc) is 3.04. The number of benzene rings is 1. The van der Waals surface area contributed by atoms with E-state index in [1.165, 1.54) is 0 Å². The normalized spacial score (nSPS) is 34.4. The molecule has 0 aromatic heterocycles. The van der Waals surface area contributed by atoms with Gasteiger partial charge in [0.25, 0.3) is 0 Å². The van der Waals surface area contributed by atoms with Crippen LogP contribution < -0.4 is 4.74 Å². The Morgan fingerprint density at radius 1 is 1.40 bits per heavy atom. The quantitative estimate of drug-likeness (QED) is 0.501. The number of likely N-dealkylation sites (N-methyl/N-ethyl adjacent to an activating group) is 1. The van der Waals surface area contributed by atoms with E-state index in [0.29, 0.717) is 25.1 Å². The number of nitrogens with zero attached hydrogens (tertiary/aromatic N) is 1. The Kier molecular flexibility index (Phi) is 3.99. The second kappa shape index (κ2) is 6.19. The zero-order valence-electron chi connectivity index (χ0n) is 16.4. The number of rotatable bonds is 4. The van der Waals surface area contributed by atoms with Gasteiger partial charge in [-0.3, -0.25) is 4.79 Å². The molecule has 1 fully saturated rings. The summed E-state index contributed by atoms with van der Waals surface area (Å²) in [4.78, 5) is 25.2. The van der Waals surface area contributed by atoms with E-state index < -0.39 is 41.6 Å². The van der Waals surface area contributed by atoms with Gasteiger partial charge in [0.15, 0.2) is 23.7 Å². The van der Waals surface area contributed by atoms with Crippen LogP contribution in [0.15, 0.2) is 24.0 Å². The molecule has 0 unspecified atom stereocenters. The number of hydrogen-bond donors (Lipinski definition) is 4. The van der Waals surface area contributed by atoms with E-state index in [1.54, 1.807) is 12.1 Å². The van der Waals surface area contributed by atoms with Crippen LogP contribution >= 0.6 is 0 Å². The Hall–Kier alpha value is -2.62. The van der Waals surface area contributed by atoms with Gasteiger partial charge < -0.3 is 34.8 Å². The summed E-state index contributed by atoms with van der Waals surface area (Å²) in [5.41, 5.74) is -0.304. The first kappa shape index (κ1) is 19.3. The predicted molar refractivity (Wildman–Crippen MR) is 101 cm³/mol. The van der Waals surface area contributed by atoms with E-state index in [-0.39, 0.29) is 24.0 Å². The van der Waals surface area contributed by atoms with Crippen molar-refractivity contribution in [2.75, 3.05) is 13.6 Å². The van der Waals surface area contributed by atoms with Gasteiger partial charge in [0.2, 0.25) is 0 Å². The number of phenols is 1. The molecule has 5 rings (SSSR count). The number of carbonyl (C=O) groups is 2. The second-order valence-electron chi connectivity index (χ2n) is 8.63. The third-order valence-electron chi connectivity index (χ3n) is 7.23. The first-order chi connectivity index (χ1) is 14.2. The molecule has 0 amide bonds. The number of carbonyl (C=O) groups excluding carboxylic acids is 1. The molecule has 30 heavy (non-hydrogen) atoms. The number of hydrogen-bond acceptors (Lipinski definition) is 8. The lowest BCUT2D eigenvalue weighted by Crippen LogP contribution is -2.74. The first-order valence-electron chi connectivity index (χ1n) is 9.95. The molecule has 0 radical (unpaired) electrons. The molecule has 1 aromatic carbocycles. The molecule has 4 N–H and O–H groups in total. The van der Waals surface area contributed by atoms with E-state index >= 15 is 0 Å². The van der Waals surface area contributed by atoms with Crippen molar-refractivity contribution in [2.24, 2.45) is 0 Å². The SMILES string of the molecule is CN1CC[C@]23c4c5ccc(O)c4O[C@H]2C(OC(=O)C[C@H](O)C(=O)O)=CC[C@@]3(O)[C@H]1C5. The van der Waals surface area contributed by atoms with Gasteiger partial charge in [-0.2, -0.15) is 0 Å². The number of phenolic OH excluding ortho intramolecular Hbond substituents is 1. The van der Waals surface area contributed by atoms with Crippen LogP contribution in [0.1, 0.15) is 30.4 Å². The van der Waals surface area contributed by atoms with Crippen LogP contribution in [0.25, 0.3) is 0 Å². The van der Waals surface area contributed by atoms with Crippen LogP contribution in [0.5, 0.6) is 11.5 Å². The number of aliphatic hydroxyl groups is 2. The minimum Gasteiger partial charge on any atom is -0.504 e. The van der Waals surface area contributed by atoms with Gasteiger partial charge in [-0.1, -0.05) is 6.07 Å². The maximum Gasteiger partial charge on any atom is 0.333 e. The molecular formula is C21H23NO8. The van der Waals surface area contributed by atoms with Crippen molar-refractivity contribution >= 4 is 11.9 Å². The van der Waals surface area contributed by atoms with Crippen LogP contribution in [0.2, 0.25) is 0 Å². The van der Waals surface area contributed by atoms with Crippen LogP contribution in [0.3, 0.4) is 0 Å². The van der Waals surface area contributed by atoms with E-state index in [2.05, 4.69) is 4.90 Å². The number of piperidine rings is 1. The molecule has 2 heterocycles. The van der Waals surface area contributed by atoms with Gasteiger partial charge >= 0.3 is 11.9 Å². The summed E-state index contributed by atoms with van der Waals surface area (Å²) in [5.74, 6) is -1.98. The highest BCUT2D eigenvalue weighted by Crippen LogP contribution is 2.65. The first-order valence-corrected chi connectivity index (χ1v) is 9.95. The Labute approximate surface area is 172 Å². The summed E-state index contributed by atoms with van der Waals surface area (Å²) in [6.45, 7) is 0.695. The van der Waals surface area contributed by atoms with Crippen LogP contribution in [-0.2, 0) is 26.2 Å². The zero-order chi connectivity index (χ0) is 21.4. The average molecular weight is 417 g/mol. The number of aromatic hydroxyl groups is 1. The highest BCUT2D eigenvalue weighted by atomic mass is 16.6. The Morgan fingerprint density at radius 2 is 2.17 bits per heavy atom. The number of carboxylic acids is 1. The van der Waals surface area contributed by atoms with E-state index in [1.807, 2.05) is 13.1 Å². The minimum absolute atomic E-state index is 0.0378. The monoisotopic (exact) mass is 417 g/mol. The lowest BCUT2D eigenvalue weighted by Gasteiger charge is -2.61. The van der Waals surface area contributed by atoms with Gasteiger partial charge in [0.05, 0.1) is 17.4 Å². The highest BCUT2D eigenvalue weighted by Gasteiger charge is 2.72. The fourth-order valence-electron chi connectivity index (χ4n) is 5.86. The highest BCUT2D eigenvalue weighted by molar-refractivity contribution is 5.81. The molecule has 5 atom stereocenters. The van der Waals surface area contributed by atoms with E-state index in [4.69, 9.17) is 14.6 Å². The summed E-state index contributed by atoms with van der Waals surface area (Å²) in [7, 11) is 1.97. The van der Waals surface area contributed by atoms with Crippen molar-refractivity contribution in [2.45, 2.75) is 54.9 Å². The summed E-state index contributed by atoms with van der Waals surface area (Å²) >= 11 is 0. The summed E-state index contributed by atoms with van der Waals surface area (Å²) in [6.07, 6.45) is -0.421. The molecule has 160 valence electrons. The van der Waals surface area contributed by atoms with Gasteiger partial charge in [-0.25, -0.2) is 4.79 Å². The largest absolute Gasteiger partial charge is 0.504 e. The van der Waals surface area contributed by atoms with Gasteiger partial charge in [-0.15, -0.1) is 0 Å². The second-order valence-corrected chi connectivity index (χ2v) is 8.63. The summed E-state index contributed by atoms with van der Waals surface area (Å²) in [5, 5.41) is 40.7. The van der Waals surface area contributed by atoms with Crippen LogP contribution in [-0.4, -0.2) is 74.7 Å². The Balaban J connectivity index is 1.58. The smallest absolute Gasteiger partial charge is 0.333 e. The number of ether oxygens (including phenoxy) is 2. The molecule has 1 aromatic rings.